The second-order valence-corrected chi connectivity index (χ2v) is 6.10. The van der Waals surface area contributed by atoms with Gasteiger partial charge in [-0.25, -0.2) is 0 Å². The van der Waals surface area contributed by atoms with Crippen LogP contribution in [0, 0.1) is 17.8 Å². The second-order valence-electron chi connectivity index (χ2n) is 6.10. The molecule has 0 saturated carbocycles. The number of nitrogens with zero attached hydrogens (tertiary/aromatic N) is 1. The highest BCUT2D eigenvalue weighted by Crippen LogP contribution is 2.16. The van der Waals surface area contributed by atoms with Gasteiger partial charge in [0.05, 0.1) is 0 Å². The van der Waals surface area contributed by atoms with Crippen molar-refractivity contribution in [3.63, 3.8) is 0 Å². The molecule has 2 heteroatoms. The summed E-state index contributed by atoms with van der Waals surface area (Å²) in [6, 6.07) is 0. The average Bonchev–Trinajstić information content (AvgIpc) is 2.37. The third kappa shape index (κ3) is 8.10. The zero-order chi connectivity index (χ0) is 14.0. The van der Waals surface area contributed by atoms with Gasteiger partial charge in [-0.1, -0.05) is 47.5 Å². The van der Waals surface area contributed by atoms with Gasteiger partial charge < -0.3 is 10.6 Å². The Bertz CT molecular complexity index is 176. The molecule has 0 heterocycles. The van der Waals surface area contributed by atoms with Crippen LogP contribution in [0.3, 0.4) is 0 Å². The molecule has 0 aliphatic rings. The zero-order valence-electron chi connectivity index (χ0n) is 13.4. The molecule has 2 nitrogen and oxygen atoms in total. The second kappa shape index (κ2) is 10.8. The van der Waals surface area contributed by atoms with E-state index in [0.717, 1.165) is 18.4 Å². The Morgan fingerprint density at radius 3 is 2.00 bits per heavy atom. The van der Waals surface area contributed by atoms with Crippen molar-refractivity contribution in [2.45, 2.75) is 60.3 Å². The summed E-state index contributed by atoms with van der Waals surface area (Å²) < 4.78 is 0. The van der Waals surface area contributed by atoms with Gasteiger partial charge in [-0.2, -0.15) is 0 Å². The van der Waals surface area contributed by atoms with Crippen LogP contribution in [0.2, 0.25) is 0 Å². The third-order valence-corrected chi connectivity index (χ3v) is 4.11. The van der Waals surface area contributed by atoms with E-state index in [0.29, 0.717) is 5.92 Å². The Kier molecular flexibility index (Phi) is 10.8. The smallest absolute Gasteiger partial charge is 0.000934 e. The van der Waals surface area contributed by atoms with E-state index in [-0.39, 0.29) is 0 Å². The lowest BCUT2D eigenvalue weighted by Crippen LogP contribution is -2.32. The summed E-state index contributed by atoms with van der Waals surface area (Å²) in [4.78, 5) is 2.61. The van der Waals surface area contributed by atoms with Crippen molar-refractivity contribution in [2.24, 2.45) is 23.5 Å². The molecule has 0 aliphatic heterocycles. The molecule has 0 fully saturated rings. The first kappa shape index (κ1) is 17.9. The molecular weight excluding hydrogens is 220 g/mol. The summed E-state index contributed by atoms with van der Waals surface area (Å²) in [6.07, 6.45) is 5.15. The number of nitrogens with two attached hydrogens (primary N) is 1. The maximum atomic E-state index is 5.88. The fraction of sp³-hybridized carbons (Fsp3) is 1.00. The summed E-state index contributed by atoms with van der Waals surface area (Å²) in [5.41, 5.74) is 5.88. The molecule has 0 aromatic rings. The Balaban J connectivity index is 4.03. The first-order valence-corrected chi connectivity index (χ1v) is 7.99. The minimum Gasteiger partial charge on any atom is -0.330 e. The molecule has 0 rings (SSSR count). The van der Waals surface area contributed by atoms with Crippen LogP contribution in [0.4, 0.5) is 0 Å². The summed E-state index contributed by atoms with van der Waals surface area (Å²) in [7, 11) is 0. The van der Waals surface area contributed by atoms with E-state index in [1.54, 1.807) is 0 Å². The van der Waals surface area contributed by atoms with Crippen molar-refractivity contribution in [1.82, 2.24) is 4.90 Å². The van der Waals surface area contributed by atoms with E-state index >= 15 is 0 Å². The predicted octanol–water partition coefficient (Wildman–Crippen LogP) is 3.76. The lowest BCUT2D eigenvalue weighted by molar-refractivity contribution is 0.213. The molecule has 2 N–H and O–H groups in total. The Morgan fingerprint density at radius 1 is 1.00 bits per heavy atom. The van der Waals surface area contributed by atoms with Gasteiger partial charge in [0.25, 0.3) is 0 Å². The first-order valence-electron chi connectivity index (χ1n) is 7.99. The highest BCUT2D eigenvalue weighted by Gasteiger charge is 2.13. The van der Waals surface area contributed by atoms with Crippen LogP contribution in [0.15, 0.2) is 0 Å². The number of rotatable bonds is 11. The van der Waals surface area contributed by atoms with Crippen LogP contribution in [0.5, 0.6) is 0 Å². The lowest BCUT2D eigenvalue weighted by Gasteiger charge is -2.27. The fourth-order valence-electron chi connectivity index (χ4n) is 2.65. The molecule has 0 radical (unpaired) electrons. The summed E-state index contributed by atoms with van der Waals surface area (Å²) in [6.45, 7) is 16.0. The highest BCUT2D eigenvalue weighted by atomic mass is 15.1. The molecule has 110 valence electrons. The minimum absolute atomic E-state index is 0.709. The monoisotopic (exact) mass is 256 g/mol. The zero-order valence-corrected chi connectivity index (χ0v) is 13.4. The van der Waals surface area contributed by atoms with E-state index in [4.69, 9.17) is 5.73 Å². The molecule has 0 bridgehead atoms. The van der Waals surface area contributed by atoms with Crippen molar-refractivity contribution >= 4 is 0 Å². The number of hydrogen-bond acceptors (Lipinski definition) is 2. The molecule has 0 aromatic carbocycles. The van der Waals surface area contributed by atoms with Gasteiger partial charge >= 0.3 is 0 Å². The largest absolute Gasteiger partial charge is 0.330 e. The van der Waals surface area contributed by atoms with E-state index in [1.165, 1.54) is 45.3 Å². The van der Waals surface area contributed by atoms with Crippen LogP contribution in [0.25, 0.3) is 0 Å². The summed E-state index contributed by atoms with van der Waals surface area (Å²) in [5.74, 6) is 2.35. The number of hydrogen-bond donors (Lipinski definition) is 1. The fourth-order valence-corrected chi connectivity index (χ4v) is 2.65. The van der Waals surface area contributed by atoms with Crippen molar-refractivity contribution in [2.75, 3.05) is 26.2 Å². The van der Waals surface area contributed by atoms with Crippen molar-refractivity contribution in [3.8, 4) is 0 Å². The molecule has 18 heavy (non-hydrogen) atoms. The molecule has 0 amide bonds. The Labute approximate surface area is 115 Å². The molecular formula is C16H36N2. The summed E-state index contributed by atoms with van der Waals surface area (Å²) >= 11 is 0. The maximum Gasteiger partial charge on any atom is 0.000934 e. The van der Waals surface area contributed by atoms with Gasteiger partial charge in [0.1, 0.15) is 0 Å². The van der Waals surface area contributed by atoms with Gasteiger partial charge in [0.2, 0.25) is 0 Å². The van der Waals surface area contributed by atoms with Gasteiger partial charge in [-0.05, 0) is 50.2 Å². The molecule has 0 aliphatic carbocycles. The Morgan fingerprint density at radius 2 is 1.61 bits per heavy atom. The predicted molar refractivity (Wildman–Crippen MR) is 82.8 cm³/mol. The van der Waals surface area contributed by atoms with E-state index in [2.05, 4.69) is 39.5 Å². The Hall–Kier alpha value is -0.0800. The van der Waals surface area contributed by atoms with Gasteiger partial charge in [-0.3, -0.25) is 0 Å². The van der Waals surface area contributed by atoms with Crippen molar-refractivity contribution < 1.29 is 0 Å². The van der Waals surface area contributed by atoms with E-state index in [1.807, 2.05) is 0 Å². The molecule has 1 unspecified atom stereocenters. The van der Waals surface area contributed by atoms with E-state index in [9.17, 15) is 0 Å². The van der Waals surface area contributed by atoms with Crippen LogP contribution >= 0.6 is 0 Å². The van der Waals surface area contributed by atoms with Gasteiger partial charge in [0.15, 0.2) is 0 Å². The normalized spacial score (nSPS) is 13.8. The molecule has 0 saturated heterocycles. The van der Waals surface area contributed by atoms with Gasteiger partial charge in [0, 0.05) is 6.54 Å². The third-order valence-electron chi connectivity index (χ3n) is 4.11. The van der Waals surface area contributed by atoms with E-state index < -0.39 is 0 Å². The maximum absolute atomic E-state index is 5.88. The SMILES string of the molecule is CCC(CC)CN(CC)CCC(CN)CC(C)C. The van der Waals surface area contributed by atoms with Crippen molar-refractivity contribution in [1.29, 1.82) is 0 Å². The van der Waals surface area contributed by atoms with Crippen LogP contribution in [0.1, 0.15) is 60.3 Å². The van der Waals surface area contributed by atoms with Crippen LogP contribution < -0.4 is 5.73 Å². The average molecular weight is 256 g/mol. The van der Waals surface area contributed by atoms with Crippen molar-refractivity contribution in [3.05, 3.63) is 0 Å². The molecule has 0 spiro atoms. The topological polar surface area (TPSA) is 29.3 Å². The quantitative estimate of drug-likeness (QED) is 0.610. The molecule has 0 aromatic heterocycles. The lowest BCUT2D eigenvalue weighted by atomic mass is 9.94. The van der Waals surface area contributed by atoms with Gasteiger partial charge in [-0.15, -0.1) is 0 Å². The summed E-state index contributed by atoms with van der Waals surface area (Å²) in [5, 5.41) is 0. The standard InChI is InChI=1S/C16H36N2/c1-6-15(7-2)13-18(8-3)10-9-16(12-17)11-14(4)5/h14-16H,6-13,17H2,1-5H3. The minimum atomic E-state index is 0.709. The van der Waals surface area contributed by atoms with Crippen LogP contribution in [-0.2, 0) is 0 Å². The highest BCUT2D eigenvalue weighted by molar-refractivity contribution is 4.68. The first-order chi connectivity index (χ1) is 8.57. The van der Waals surface area contributed by atoms with Crippen LogP contribution in [-0.4, -0.2) is 31.1 Å². The molecule has 1 atom stereocenters.